The van der Waals surface area contributed by atoms with E-state index in [0.717, 1.165) is 18.4 Å². The van der Waals surface area contributed by atoms with E-state index < -0.39 is 6.09 Å². The largest absolute Gasteiger partial charge is 0.445 e. The molecule has 0 fully saturated rings. The number of benzene rings is 1. The van der Waals surface area contributed by atoms with Gasteiger partial charge in [-0.3, -0.25) is 0 Å². The normalized spacial score (nSPS) is 11.9. The maximum Gasteiger partial charge on any atom is 0.407 e. The molecule has 0 heterocycles. The van der Waals surface area contributed by atoms with Crippen LogP contribution in [0.4, 0.5) is 4.79 Å². The zero-order valence-corrected chi connectivity index (χ0v) is 11.6. The van der Waals surface area contributed by atoms with E-state index in [4.69, 9.17) is 10.5 Å². The molecule has 0 aromatic heterocycles. The van der Waals surface area contributed by atoms with E-state index >= 15 is 0 Å². The standard InChI is InChI=1S/C14H23N3O2/c1-16-13(4-3-9-15)12-7-5-11(6-8-12)10-19-14(18)17-2/h5-8,13,16H,3-4,9-10,15H2,1-2H3,(H,17,18). The Morgan fingerprint density at radius 2 is 2.00 bits per heavy atom. The van der Waals surface area contributed by atoms with Crippen molar-refractivity contribution < 1.29 is 9.53 Å². The number of hydrogen-bond donors (Lipinski definition) is 3. The molecule has 1 amide bonds. The Bertz CT molecular complexity index is 379. The molecule has 1 rings (SSSR count). The van der Waals surface area contributed by atoms with E-state index in [0.29, 0.717) is 12.6 Å². The Hall–Kier alpha value is -1.59. The van der Waals surface area contributed by atoms with Gasteiger partial charge in [-0.1, -0.05) is 24.3 Å². The van der Waals surface area contributed by atoms with Gasteiger partial charge in [0.2, 0.25) is 0 Å². The highest BCUT2D eigenvalue weighted by atomic mass is 16.5. The molecule has 5 nitrogen and oxygen atoms in total. The lowest BCUT2D eigenvalue weighted by atomic mass is 10.0. The third kappa shape index (κ3) is 5.28. The highest BCUT2D eigenvalue weighted by molar-refractivity contribution is 5.66. The molecular formula is C14H23N3O2. The molecule has 0 radical (unpaired) electrons. The van der Waals surface area contributed by atoms with Gasteiger partial charge < -0.3 is 21.1 Å². The molecule has 1 unspecified atom stereocenters. The molecular weight excluding hydrogens is 242 g/mol. The zero-order chi connectivity index (χ0) is 14.1. The number of nitrogens with one attached hydrogen (secondary N) is 2. The molecule has 0 spiro atoms. The van der Waals surface area contributed by atoms with E-state index in [-0.39, 0.29) is 6.61 Å². The number of carbonyl (C=O) groups is 1. The fraction of sp³-hybridized carbons (Fsp3) is 0.500. The van der Waals surface area contributed by atoms with Crippen molar-refractivity contribution in [3.8, 4) is 0 Å². The number of ether oxygens (including phenoxy) is 1. The molecule has 1 aromatic rings. The minimum atomic E-state index is -0.417. The van der Waals surface area contributed by atoms with Crippen LogP contribution in [0.1, 0.15) is 30.0 Å². The van der Waals surface area contributed by atoms with Gasteiger partial charge in [0.05, 0.1) is 0 Å². The van der Waals surface area contributed by atoms with Crippen molar-refractivity contribution in [2.45, 2.75) is 25.5 Å². The SMILES string of the molecule is CNC(=O)OCc1ccc(C(CCCN)NC)cc1. The van der Waals surface area contributed by atoms with Crippen molar-refractivity contribution in [3.05, 3.63) is 35.4 Å². The lowest BCUT2D eigenvalue weighted by Crippen LogP contribution is -2.19. The van der Waals surface area contributed by atoms with Gasteiger partial charge in [-0.25, -0.2) is 4.79 Å². The Labute approximate surface area is 114 Å². The molecule has 4 N–H and O–H groups in total. The van der Waals surface area contributed by atoms with Crippen LogP contribution in [0.3, 0.4) is 0 Å². The third-order valence-electron chi connectivity index (χ3n) is 3.00. The van der Waals surface area contributed by atoms with Gasteiger partial charge in [-0.2, -0.15) is 0 Å². The van der Waals surface area contributed by atoms with Gasteiger partial charge in [0, 0.05) is 13.1 Å². The number of nitrogens with two attached hydrogens (primary N) is 1. The molecule has 0 bridgehead atoms. The summed E-state index contributed by atoms with van der Waals surface area (Å²) in [4.78, 5) is 11.0. The van der Waals surface area contributed by atoms with Crippen molar-refractivity contribution in [3.63, 3.8) is 0 Å². The second-order valence-corrected chi connectivity index (χ2v) is 4.34. The maximum absolute atomic E-state index is 11.0. The molecule has 19 heavy (non-hydrogen) atoms. The van der Waals surface area contributed by atoms with Crippen LogP contribution in [0.15, 0.2) is 24.3 Å². The summed E-state index contributed by atoms with van der Waals surface area (Å²) >= 11 is 0. The first-order valence-corrected chi connectivity index (χ1v) is 6.52. The van der Waals surface area contributed by atoms with Gasteiger partial charge in [-0.15, -0.1) is 0 Å². The smallest absolute Gasteiger partial charge is 0.407 e. The monoisotopic (exact) mass is 265 g/mol. The zero-order valence-electron chi connectivity index (χ0n) is 11.6. The van der Waals surface area contributed by atoms with Crippen LogP contribution >= 0.6 is 0 Å². The highest BCUT2D eigenvalue weighted by Crippen LogP contribution is 2.18. The molecule has 1 atom stereocenters. The Kier molecular flexibility index (Phi) is 6.92. The quantitative estimate of drug-likeness (QED) is 0.699. The lowest BCUT2D eigenvalue weighted by molar-refractivity contribution is 0.142. The van der Waals surface area contributed by atoms with Crippen molar-refractivity contribution in [2.75, 3.05) is 20.6 Å². The van der Waals surface area contributed by atoms with Crippen LogP contribution in [-0.2, 0) is 11.3 Å². The summed E-state index contributed by atoms with van der Waals surface area (Å²) in [5.74, 6) is 0. The minimum Gasteiger partial charge on any atom is -0.445 e. The van der Waals surface area contributed by atoms with E-state index in [9.17, 15) is 4.79 Å². The summed E-state index contributed by atoms with van der Waals surface area (Å²) in [6.07, 6.45) is 1.59. The molecule has 0 aliphatic carbocycles. The van der Waals surface area contributed by atoms with E-state index in [1.165, 1.54) is 5.56 Å². The first kappa shape index (κ1) is 15.5. The number of carbonyl (C=O) groups excluding carboxylic acids is 1. The average molecular weight is 265 g/mol. The van der Waals surface area contributed by atoms with Gasteiger partial charge in [0.1, 0.15) is 6.61 Å². The van der Waals surface area contributed by atoms with Gasteiger partial charge in [0.15, 0.2) is 0 Å². The lowest BCUT2D eigenvalue weighted by Gasteiger charge is -2.16. The molecule has 0 aliphatic rings. The topological polar surface area (TPSA) is 76.4 Å². The Morgan fingerprint density at radius 1 is 1.32 bits per heavy atom. The van der Waals surface area contributed by atoms with Gasteiger partial charge in [0.25, 0.3) is 0 Å². The first-order chi connectivity index (χ1) is 9.21. The van der Waals surface area contributed by atoms with Crippen molar-refractivity contribution in [1.82, 2.24) is 10.6 Å². The predicted molar refractivity (Wildman–Crippen MR) is 75.8 cm³/mol. The highest BCUT2D eigenvalue weighted by Gasteiger charge is 2.08. The first-order valence-electron chi connectivity index (χ1n) is 6.52. The fourth-order valence-electron chi connectivity index (χ4n) is 1.87. The van der Waals surface area contributed by atoms with E-state index in [1.54, 1.807) is 7.05 Å². The van der Waals surface area contributed by atoms with Gasteiger partial charge in [-0.05, 0) is 37.6 Å². The van der Waals surface area contributed by atoms with Crippen LogP contribution in [0.5, 0.6) is 0 Å². The number of rotatable bonds is 7. The summed E-state index contributed by atoms with van der Waals surface area (Å²) in [5, 5.41) is 5.70. The van der Waals surface area contributed by atoms with Crippen molar-refractivity contribution in [2.24, 2.45) is 5.73 Å². The average Bonchev–Trinajstić information content (AvgIpc) is 2.46. The van der Waals surface area contributed by atoms with Crippen LogP contribution in [-0.4, -0.2) is 26.7 Å². The summed E-state index contributed by atoms with van der Waals surface area (Å²) in [6.45, 7) is 0.989. The van der Waals surface area contributed by atoms with Crippen molar-refractivity contribution >= 4 is 6.09 Å². The van der Waals surface area contributed by atoms with Crippen LogP contribution in [0, 0.1) is 0 Å². The number of amides is 1. The predicted octanol–water partition coefficient (Wildman–Crippen LogP) is 1.54. The molecule has 0 saturated heterocycles. The number of hydrogen-bond acceptors (Lipinski definition) is 4. The molecule has 1 aromatic carbocycles. The van der Waals surface area contributed by atoms with Crippen LogP contribution in [0.2, 0.25) is 0 Å². The van der Waals surface area contributed by atoms with Gasteiger partial charge >= 0.3 is 6.09 Å². The summed E-state index contributed by atoms with van der Waals surface area (Å²) < 4.78 is 4.99. The van der Waals surface area contributed by atoms with Crippen LogP contribution in [0.25, 0.3) is 0 Å². The molecule has 106 valence electrons. The molecule has 0 aliphatic heterocycles. The minimum absolute atomic E-state index is 0.285. The summed E-state index contributed by atoms with van der Waals surface area (Å²) in [5.41, 5.74) is 7.73. The van der Waals surface area contributed by atoms with E-state index in [2.05, 4.69) is 22.8 Å². The van der Waals surface area contributed by atoms with Crippen LogP contribution < -0.4 is 16.4 Å². The summed E-state index contributed by atoms with van der Waals surface area (Å²) in [7, 11) is 3.49. The Morgan fingerprint density at radius 3 is 2.53 bits per heavy atom. The Balaban J connectivity index is 2.56. The third-order valence-corrected chi connectivity index (χ3v) is 3.00. The second-order valence-electron chi connectivity index (χ2n) is 4.34. The second kappa shape index (κ2) is 8.50. The maximum atomic E-state index is 11.0. The van der Waals surface area contributed by atoms with Crippen molar-refractivity contribution in [1.29, 1.82) is 0 Å². The number of alkyl carbamates (subject to hydrolysis) is 1. The van der Waals surface area contributed by atoms with E-state index in [1.807, 2.05) is 19.2 Å². The molecule has 0 saturated carbocycles. The summed E-state index contributed by atoms with van der Waals surface area (Å²) in [6, 6.07) is 8.38. The fourth-order valence-corrected chi connectivity index (χ4v) is 1.87. The molecule has 5 heteroatoms.